The van der Waals surface area contributed by atoms with E-state index < -0.39 is 0 Å². The van der Waals surface area contributed by atoms with Gasteiger partial charge >= 0.3 is 0 Å². The molecule has 0 unspecified atom stereocenters. The average Bonchev–Trinajstić information content (AvgIpc) is 2.94. The topological polar surface area (TPSA) is 77.5 Å². The molecule has 1 N–H and O–H groups in total. The van der Waals surface area contributed by atoms with E-state index >= 15 is 0 Å². The number of imide groups is 1. The maximum atomic E-state index is 11.6. The zero-order chi connectivity index (χ0) is 20.1. The summed E-state index contributed by atoms with van der Waals surface area (Å²) in [5.74, 6) is 1.12. The molecule has 0 atom stereocenters. The maximum absolute atomic E-state index is 11.6. The lowest BCUT2D eigenvalue weighted by Crippen LogP contribution is -2.23. The van der Waals surface area contributed by atoms with Crippen molar-refractivity contribution in [3.63, 3.8) is 0 Å². The van der Waals surface area contributed by atoms with Gasteiger partial charge in [-0.3, -0.25) is 19.9 Å². The van der Waals surface area contributed by atoms with Gasteiger partial charge in [-0.15, -0.1) is 0 Å². The monoisotopic (exact) mass is 398 g/mol. The molecular weight excluding hydrogens is 376 g/mol. The molecule has 2 heterocycles. The van der Waals surface area contributed by atoms with Gasteiger partial charge < -0.3 is 9.47 Å². The highest BCUT2D eigenvalue weighted by Gasteiger charge is 2.24. The van der Waals surface area contributed by atoms with Crippen molar-refractivity contribution in [2.45, 2.75) is 32.8 Å². The fourth-order valence-electron chi connectivity index (χ4n) is 2.48. The lowest BCUT2D eigenvalue weighted by molar-refractivity contribution is -0.115. The number of hydrogen-bond donors (Lipinski definition) is 1. The molecule has 1 aliphatic heterocycles. The van der Waals surface area contributed by atoms with E-state index in [9.17, 15) is 9.59 Å². The van der Waals surface area contributed by atoms with E-state index in [1.54, 1.807) is 12.3 Å². The highest BCUT2D eigenvalue weighted by Crippen LogP contribution is 2.26. The number of aromatic nitrogens is 1. The summed E-state index contributed by atoms with van der Waals surface area (Å²) in [6.07, 6.45) is 4.09. The molecule has 1 aromatic heterocycles. The lowest BCUT2D eigenvalue weighted by Gasteiger charge is -2.20. The third-order valence-corrected chi connectivity index (χ3v) is 4.48. The number of benzene rings is 1. The van der Waals surface area contributed by atoms with Gasteiger partial charge in [0.05, 0.1) is 17.7 Å². The second-order valence-corrected chi connectivity index (χ2v) is 8.23. The molecule has 0 aliphatic carbocycles. The van der Waals surface area contributed by atoms with Crippen molar-refractivity contribution >= 4 is 29.0 Å². The van der Waals surface area contributed by atoms with E-state index in [1.807, 2.05) is 57.2 Å². The Morgan fingerprint density at radius 2 is 1.79 bits per heavy atom. The number of hydrogen-bond acceptors (Lipinski definition) is 6. The van der Waals surface area contributed by atoms with Gasteiger partial charge in [0, 0.05) is 12.1 Å². The van der Waals surface area contributed by atoms with Gasteiger partial charge in [-0.25, -0.2) is 0 Å². The molecule has 6 nitrogen and oxygen atoms in total. The van der Waals surface area contributed by atoms with Crippen molar-refractivity contribution in [3.05, 3.63) is 58.8 Å². The first-order valence-electron chi connectivity index (χ1n) is 8.90. The molecule has 0 bridgehead atoms. The maximum Gasteiger partial charge on any atom is 0.290 e. The summed E-state index contributed by atoms with van der Waals surface area (Å²) in [6, 6.07) is 11.2. The molecule has 2 aromatic rings. The standard InChI is InChI=1S/C21H22N2O4S/c1-21(2,3)27-17-9-6-15(22-13-17)10-11-26-16-7-4-14(5-8-16)12-18-19(24)23-20(25)28-18/h4-9,12-13H,10-11H2,1-3H3,(H,23,24,25). The number of carbonyl (C=O) groups is 2. The summed E-state index contributed by atoms with van der Waals surface area (Å²) >= 11 is 0.902. The zero-order valence-electron chi connectivity index (χ0n) is 16.0. The smallest absolute Gasteiger partial charge is 0.290 e. The summed E-state index contributed by atoms with van der Waals surface area (Å²) in [7, 11) is 0. The van der Waals surface area contributed by atoms with Gasteiger partial charge in [-0.1, -0.05) is 12.1 Å². The molecule has 0 spiro atoms. The van der Waals surface area contributed by atoms with Crippen molar-refractivity contribution in [2.24, 2.45) is 0 Å². The molecule has 7 heteroatoms. The summed E-state index contributed by atoms with van der Waals surface area (Å²) < 4.78 is 11.5. The number of carbonyl (C=O) groups excluding carboxylic acids is 2. The minimum Gasteiger partial charge on any atom is -0.493 e. The fourth-order valence-corrected chi connectivity index (χ4v) is 3.16. The highest BCUT2D eigenvalue weighted by molar-refractivity contribution is 8.18. The number of ether oxygens (including phenoxy) is 2. The molecular formula is C21H22N2O4S. The van der Waals surface area contributed by atoms with Gasteiger partial charge in [-0.05, 0) is 68.4 Å². The van der Waals surface area contributed by atoms with Crippen molar-refractivity contribution < 1.29 is 19.1 Å². The summed E-state index contributed by atoms with van der Waals surface area (Å²) in [4.78, 5) is 27.5. The molecule has 0 radical (unpaired) electrons. The molecule has 3 rings (SSSR count). The van der Waals surface area contributed by atoms with Crippen LogP contribution in [0.5, 0.6) is 11.5 Å². The first kappa shape index (κ1) is 19.9. The Morgan fingerprint density at radius 1 is 1.07 bits per heavy atom. The number of pyridine rings is 1. The van der Waals surface area contributed by atoms with Crippen LogP contribution in [-0.2, 0) is 11.2 Å². The molecule has 2 amide bonds. The van der Waals surface area contributed by atoms with Crippen LogP contribution >= 0.6 is 11.8 Å². The van der Waals surface area contributed by atoms with Crippen LogP contribution in [0.25, 0.3) is 6.08 Å². The Bertz CT molecular complexity index is 884. The van der Waals surface area contributed by atoms with Crippen LogP contribution in [0.1, 0.15) is 32.0 Å². The minimum absolute atomic E-state index is 0.246. The highest BCUT2D eigenvalue weighted by atomic mass is 32.2. The molecule has 1 aliphatic rings. The minimum atomic E-state index is -0.359. The van der Waals surface area contributed by atoms with Gasteiger partial charge in [0.2, 0.25) is 0 Å². The van der Waals surface area contributed by atoms with Crippen molar-refractivity contribution in [1.82, 2.24) is 10.3 Å². The van der Waals surface area contributed by atoms with Crippen molar-refractivity contribution in [3.8, 4) is 11.5 Å². The molecule has 1 saturated heterocycles. The molecule has 146 valence electrons. The predicted octanol–water partition coefficient (Wildman–Crippen LogP) is 4.20. The summed E-state index contributed by atoms with van der Waals surface area (Å²) in [6.45, 7) is 6.49. The van der Waals surface area contributed by atoms with E-state index in [0.29, 0.717) is 17.9 Å². The van der Waals surface area contributed by atoms with E-state index in [0.717, 1.165) is 34.5 Å². The van der Waals surface area contributed by atoms with Gasteiger partial charge in [0.1, 0.15) is 17.1 Å². The van der Waals surface area contributed by atoms with E-state index in [2.05, 4.69) is 10.3 Å². The number of nitrogens with one attached hydrogen (secondary N) is 1. The molecule has 1 aromatic carbocycles. The van der Waals surface area contributed by atoms with Crippen molar-refractivity contribution in [1.29, 1.82) is 0 Å². The van der Waals surface area contributed by atoms with Crippen molar-refractivity contribution in [2.75, 3.05) is 6.61 Å². The Labute approximate surface area is 168 Å². The van der Waals surface area contributed by atoms with E-state index in [1.165, 1.54) is 0 Å². The quantitative estimate of drug-likeness (QED) is 0.735. The first-order chi connectivity index (χ1) is 13.3. The number of rotatable bonds is 6. The van der Waals surface area contributed by atoms with Crippen LogP contribution < -0.4 is 14.8 Å². The molecule has 28 heavy (non-hydrogen) atoms. The molecule has 1 fully saturated rings. The number of amides is 2. The second kappa shape index (κ2) is 8.48. The number of thioether (sulfide) groups is 1. The van der Waals surface area contributed by atoms with Gasteiger partial charge in [0.25, 0.3) is 11.1 Å². The average molecular weight is 398 g/mol. The molecule has 0 saturated carbocycles. The Kier molecular flexibility index (Phi) is 6.04. The Morgan fingerprint density at radius 3 is 2.36 bits per heavy atom. The predicted molar refractivity (Wildman–Crippen MR) is 109 cm³/mol. The van der Waals surface area contributed by atoms with Crippen LogP contribution in [0.3, 0.4) is 0 Å². The normalized spacial score (nSPS) is 15.6. The Balaban J connectivity index is 1.49. The lowest BCUT2D eigenvalue weighted by atomic mass is 10.2. The SMILES string of the molecule is CC(C)(C)Oc1ccc(CCOc2ccc(C=C3SC(=O)NC3=O)cc2)nc1. The first-order valence-corrected chi connectivity index (χ1v) is 9.72. The van der Waals surface area contributed by atoms with Crippen LogP contribution in [0.15, 0.2) is 47.5 Å². The van der Waals surface area contributed by atoms with Crippen LogP contribution in [0, 0.1) is 0 Å². The third kappa shape index (κ3) is 5.85. The van der Waals surface area contributed by atoms with E-state index in [4.69, 9.17) is 9.47 Å². The fraction of sp³-hybridized carbons (Fsp3) is 0.286. The summed E-state index contributed by atoms with van der Waals surface area (Å²) in [5, 5.41) is 1.89. The van der Waals surface area contributed by atoms with Gasteiger partial charge in [0.15, 0.2) is 0 Å². The largest absolute Gasteiger partial charge is 0.493 e. The third-order valence-electron chi connectivity index (χ3n) is 3.67. The van der Waals surface area contributed by atoms with Crippen LogP contribution in [-0.4, -0.2) is 28.3 Å². The number of nitrogens with zero attached hydrogens (tertiary/aromatic N) is 1. The van der Waals surface area contributed by atoms with E-state index in [-0.39, 0.29) is 16.7 Å². The van der Waals surface area contributed by atoms with Gasteiger partial charge in [-0.2, -0.15) is 0 Å². The van der Waals surface area contributed by atoms with Crippen LogP contribution in [0.2, 0.25) is 0 Å². The van der Waals surface area contributed by atoms with Crippen LogP contribution in [0.4, 0.5) is 4.79 Å². The Hall–Kier alpha value is -2.80. The summed E-state index contributed by atoms with van der Waals surface area (Å²) in [5.41, 5.74) is 1.51. The zero-order valence-corrected chi connectivity index (χ0v) is 16.8. The second-order valence-electron chi connectivity index (χ2n) is 7.22.